The average Bonchev–Trinajstić information content (AvgIpc) is 2.36. The highest BCUT2D eigenvalue weighted by atomic mass is 32.2. The van der Waals surface area contributed by atoms with Crippen molar-refractivity contribution in [3.8, 4) is 0 Å². The largest absolute Gasteiger partial charge is 0.388 e. The van der Waals surface area contributed by atoms with Gasteiger partial charge >= 0.3 is 0 Å². The summed E-state index contributed by atoms with van der Waals surface area (Å²) in [6.07, 6.45) is 3.98. The number of thioether (sulfide) groups is 1. The third kappa shape index (κ3) is 2.82. The van der Waals surface area contributed by atoms with Crippen molar-refractivity contribution in [2.45, 2.75) is 36.8 Å². The third-order valence-electron chi connectivity index (χ3n) is 3.55. The van der Waals surface area contributed by atoms with Gasteiger partial charge in [-0.1, -0.05) is 6.07 Å². The lowest BCUT2D eigenvalue weighted by molar-refractivity contribution is 0.0449. The molecule has 1 unspecified atom stereocenters. The molecule has 2 rings (SSSR count). The Morgan fingerprint density at radius 3 is 2.89 bits per heavy atom. The summed E-state index contributed by atoms with van der Waals surface area (Å²) in [5, 5.41) is 10.2. The van der Waals surface area contributed by atoms with E-state index in [1.165, 1.54) is 16.1 Å². The maximum absolute atomic E-state index is 10.2. The molecule has 0 aliphatic carbocycles. The number of anilines is 1. The van der Waals surface area contributed by atoms with Crippen molar-refractivity contribution in [2.75, 3.05) is 24.2 Å². The van der Waals surface area contributed by atoms with E-state index in [-0.39, 0.29) is 0 Å². The summed E-state index contributed by atoms with van der Waals surface area (Å²) in [5.41, 5.74) is 7.70. The molecule has 0 bridgehead atoms. The van der Waals surface area contributed by atoms with E-state index in [1.54, 1.807) is 11.8 Å². The van der Waals surface area contributed by atoms with Gasteiger partial charge in [0.15, 0.2) is 0 Å². The molecule has 1 saturated heterocycles. The molecule has 0 radical (unpaired) electrons. The highest BCUT2D eigenvalue weighted by molar-refractivity contribution is 7.98. The number of nitrogens with two attached hydrogens (primary N) is 1. The predicted molar refractivity (Wildman–Crippen MR) is 78.2 cm³/mol. The van der Waals surface area contributed by atoms with E-state index < -0.39 is 5.60 Å². The first-order valence-electron chi connectivity index (χ1n) is 6.40. The van der Waals surface area contributed by atoms with Gasteiger partial charge in [-0.25, -0.2) is 0 Å². The van der Waals surface area contributed by atoms with Crippen LogP contribution in [0, 0.1) is 0 Å². The fourth-order valence-corrected chi connectivity index (χ4v) is 3.32. The van der Waals surface area contributed by atoms with E-state index in [0.717, 1.165) is 19.4 Å². The van der Waals surface area contributed by atoms with Gasteiger partial charge in [-0.05, 0) is 38.2 Å². The molecule has 3 N–H and O–H groups in total. The van der Waals surface area contributed by atoms with Crippen LogP contribution in [0.1, 0.15) is 25.3 Å². The average molecular weight is 266 g/mol. The molecule has 100 valence electrons. The molecule has 3 nitrogen and oxygen atoms in total. The molecule has 1 aliphatic heterocycles. The Bertz CT molecular complexity index is 420. The molecule has 0 amide bonds. The number of β-amino-alcohol motifs (C(OH)–C–C–N with tert-alkyl or cyclic N) is 1. The van der Waals surface area contributed by atoms with E-state index in [2.05, 4.69) is 29.4 Å². The second kappa shape index (κ2) is 5.51. The highest BCUT2D eigenvalue weighted by Gasteiger charge is 2.29. The fourth-order valence-electron chi connectivity index (χ4n) is 2.67. The van der Waals surface area contributed by atoms with Crippen molar-refractivity contribution in [1.29, 1.82) is 0 Å². The highest BCUT2D eigenvalue weighted by Crippen LogP contribution is 2.32. The maximum Gasteiger partial charge on any atom is 0.0794 e. The SMILES string of the molecule is CSc1cccc(N2CCCC(C)(O)C2)c1CN. The van der Waals surface area contributed by atoms with Crippen molar-refractivity contribution in [3.05, 3.63) is 23.8 Å². The van der Waals surface area contributed by atoms with Crippen LogP contribution in [-0.4, -0.2) is 30.1 Å². The molecular weight excluding hydrogens is 244 g/mol. The van der Waals surface area contributed by atoms with Gasteiger partial charge in [0.2, 0.25) is 0 Å². The minimum atomic E-state index is -0.584. The van der Waals surface area contributed by atoms with Gasteiger partial charge in [-0.2, -0.15) is 0 Å². The lowest BCUT2D eigenvalue weighted by Gasteiger charge is -2.39. The van der Waals surface area contributed by atoms with E-state index in [1.807, 2.05) is 6.92 Å². The lowest BCUT2D eigenvalue weighted by Crippen LogP contribution is -2.46. The first-order chi connectivity index (χ1) is 8.57. The number of hydrogen-bond donors (Lipinski definition) is 2. The monoisotopic (exact) mass is 266 g/mol. The normalized spacial score (nSPS) is 24.3. The van der Waals surface area contributed by atoms with Crippen LogP contribution >= 0.6 is 11.8 Å². The second-order valence-electron chi connectivity index (χ2n) is 5.18. The molecule has 4 heteroatoms. The lowest BCUT2D eigenvalue weighted by atomic mass is 9.94. The van der Waals surface area contributed by atoms with Crippen LogP contribution in [-0.2, 0) is 6.54 Å². The number of hydrogen-bond acceptors (Lipinski definition) is 4. The summed E-state index contributed by atoms with van der Waals surface area (Å²) in [6, 6.07) is 6.30. The zero-order valence-electron chi connectivity index (χ0n) is 11.1. The van der Waals surface area contributed by atoms with E-state index in [9.17, 15) is 5.11 Å². The van der Waals surface area contributed by atoms with Crippen LogP contribution in [0.15, 0.2) is 23.1 Å². The van der Waals surface area contributed by atoms with Crippen LogP contribution < -0.4 is 10.6 Å². The van der Waals surface area contributed by atoms with Crippen molar-refractivity contribution >= 4 is 17.4 Å². The quantitative estimate of drug-likeness (QED) is 0.824. The van der Waals surface area contributed by atoms with Crippen LogP contribution in [0.4, 0.5) is 5.69 Å². The molecule has 1 aliphatic rings. The molecule has 1 aromatic rings. The molecule has 0 aromatic heterocycles. The van der Waals surface area contributed by atoms with Crippen molar-refractivity contribution < 1.29 is 5.11 Å². The first-order valence-corrected chi connectivity index (χ1v) is 7.63. The number of benzene rings is 1. The molecule has 0 spiro atoms. The van der Waals surface area contributed by atoms with Gasteiger partial charge in [0, 0.05) is 35.8 Å². The number of aliphatic hydroxyl groups is 1. The van der Waals surface area contributed by atoms with Gasteiger partial charge in [0.25, 0.3) is 0 Å². The van der Waals surface area contributed by atoms with E-state index in [0.29, 0.717) is 13.1 Å². The zero-order chi connectivity index (χ0) is 13.2. The molecule has 1 heterocycles. The maximum atomic E-state index is 10.2. The van der Waals surface area contributed by atoms with Gasteiger partial charge in [-0.15, -0.1) is 11.8 Å². The number of nitrogens with zero attached hydrogens (tertiary/aromatic N) is 1. The number of rotatable bonds is 3. The Balaban J connectivity index is 2.32. The Morgan fingerprint density at radius 1 is 1.50 bits per heavy atom. The van der Waals surface area contributed by atoms with Crippen LogP contribution in [0.25, 0.3) is 0 Å². The second-order valence-corrected chi connectivity index (χ2v) is 6.03. The standard InChI is InChI=1S/C14H22N2OS/c1-14(17)7-4-8-16(10-14)12-5-3-6-13(18-2)11(12)9-15/h3,5-6,17H,4,7-10,15H2,1-2H3. The van der Waals surface area contributed by atoms with Gasteiger partial charge < -0.3 is 15.7 Å². The topological polar surface area (TPSA) is 49.5 Å². The third-order valence-corrected chi connectivity index (χ3v) is 4.37. The Hall–Kier alpha value is -0.710. The van der Waals surface area contributed by atoms with E-state index >= 15 is 0 Å². The zero-order valence-corrected chi connectivity index (χ0v) is 12.0. The van der Waals surface area contributed by atoms with Gasteiger partial charge in [0.05, 0.1) is 5.60 Å². The van der Waals surface area contributed by atoms with Crippen molar-refractivity contribution in [3.63, 3.8) is 0 Å². The molecule has 18 heavy (non-hydrogen) atoms. The Kier molecular flexibility index (Phi) is 4.20. The minimum Gasteiger partial charge on any atom is -0.388 e. The van der Waals surface area contributed by atoms with Crippen molar-refractivity contribution in [1.82, 2.24) is 0 Å². The Labute approximate surface area is 113 Å². The molecule has 1 atom stereocenters. The van der Waals surface area contributed by atoms with Crippen molar-refractivity contribution in [2.24, 2.45) is 5.73 Å². The molecule has 0 saturated carbocycles. The summed E-state index contributed by atoms with van der Waals surface area (Å²) in [4.78, 5) is 3.51. The summed E-state index contributed by atoms with van der Waals surface area (Å²) >= 11 is 1.73. The fraction of sp³-hybridized carbons (Fsp3) is 0.571. The smallest absolute Gasteiger partial charge is 0.0794 e. The van der Waals surface area contributed by atoms with Crippen LogP contribution in [0.5, 0.6) is 0 Å². The van der Waals surface area contributed by atoms with E-state index in [4.69, 9.17) is 5.73 Å². The van der Waals surface area contributed by atoms with Gasteiger partial charge in [-0.3, -0.25) is 0 Å². The predicted octanol–water partition coefficient (Wildman–Crippen LogP) is 2.22. The Morgan fingerprint density at radius 2 is 2.28 bits per heavy atom. The molecule has 1 fully saturated rings. The minimum absolute atomic E-state index is 0.547. The first kappa shape index (κ1) is 13.7. The van der Waals surface area contributed by atoms with Gasteiger partial charge in [0.1, 0.15) is 0 Å². The molecular formula is C14H22N2OS. The summed E-state index contributed by atoms with van der Waals surface area (Å²) in [7, 11) is 0. The van der Waals surface area contributed by atoms with Crippen LogP contribution in [0.3, 0.4) is 0 Å². The summed E-state index contributed by atoms with van der Waals surface area (Å²) < 4.78 is 0. The summed E-state index contributed by atoms with van der Waals surface area (Å²) in [5.74, 6) is 0. The summed E-state index contributed by atoms with van der Waals surface area (Å²) in [6.45, 7) is 4.16. The molecule has 1 aromatic carbocycles. The number of piperidine rings is 1. The van der Waals surface area contributed by atoms with Crippen LogP contribution in [0.2, 0.25) is 0 Å².